The molecule has 1 unspecified atom stereocenters. The molecule has 0 saturated carbocycles. The molecule has 1 atom stereocenters. The molecule has 0 aliphatic heterocycles. The second-order valence-corrected chi connectivity index (χ2v) is 6.71. The smallest absolute Gasteiger partial charge is 0.143 e. The predicted molar refractivity (Wildman–Crippen MR) is 62.7 cm³/mol. The van der Waals surface area contributed by atoms with Crippen LogP contribution in [0.15, 0.2) is 0 Å². The average molecular weight is 212 g/mol. The summed E-state index contributed by atoms with van der Waals surface area (Å²) >= 11 is 0. The second-order valence-electron chi connectivity index (χ2n) is 6.71. The minimum absolute atomic E-state index is 0.0269. The van der Waals surface area contributed by atoms with Crippen LogP contribution in [0.4, 0.5) is 0 Å². The normalized spacial score (nSPS) is 14.8. The molecule has 15 heavy (non-hydrogen) atoms. The van der Waals surface area contributed by atoms with Gasteiger partial charge < -0.3 is 4.79 Å². The monoisotopic (exact) mass is 212 g/mol. The Morgan fingerprint density at radius 3 is 1.80 bits per heavy atom. The molecule has 0 aliphatic carbocycles. The van der Waals surface area contributed by atoms with Crippen LogP contribution in [0.3, 0.4) is 0 Å². The third-order valence-corrected chi connectivity index (χ3v) is 2.11. The number of hydrogen-bond donors (Lipinski definition) is 0. The molecule has 0 fully saturated rings. The highest BCUT2D eigenvalue weighted by atomic mass is 16.1. The fraction of sp³-hybridized carbons (Fsp3) is 0.846. The molecule has 0 rings (SSSR count). The highest BCUT2D eigenvalue weighted by Crippen LogP contribution is 2.27. The lowest BCUT2D eigenvalue weighted by Crippen LogP contribution is -2.26. The van der Waals surface area contributed by atoms with Crippen molar-refractivity contribution in [3.8, 4) is 0 Å². The highest BCUT2D eigenvalue weighted by molar-refractivity contribution is 5.93. The summed E-state index contributed by atoms with van der Waals surface area (Å²) in [6.07, 6.45) is 1.93. The number of ketones is 1. The Labute approximate surface area is 93.4 Å². The number of rotatable bonds is 4. The van der Waals surface area contributed by atoms with E-state index in [-0.39, 0.29) is 16.6 Å². The molecular weight excluding hydrogens is 188 g/mol. The van der Waals surface area contributed by atoms with E-state index >= 15 is 0 Å². The van der Waals surface area contributed by atoms with E-state index in [1.54, 1.807) is 0 Å². The van der Waals surface area contributed by atoms with Crippen LogP contribution in [0.2, 0.25) is 0 Å². The topological polar surface area (TPSA) is 34.1 Å². The van der Waals surface area contributed by atoms with Crippen LogP contribution in [0.5, 0.6) is 0 Å². The van der Waals surface area contributed by atoms with Gasteiger partial charge in [-0.15, -0.1) is 0 Å². The summed E-state index contributed by atoms with van der Waals surface area (Å²) in [4.78, 5) is 22.7. The van der Waals surface area contributed by atoms with E-state index in [4.69, 9.17) is 0 Å². The van der Waals surface area contributed by atoms with Crippen LogP contribution in [-0.2, 0) is 9.59 Å². The maximum atomic E-state index is 11.8. The van der Waals surface area contributed by atoms with Crippen molar-refractivity contribution in [2.45, 2.75) is 54.4 Å². The Morgan fingerprint density at radius 2 is 1.53 bits per heavy atom. The summed E-state index contributed by atoms with van der Waals surface area (Å²) in [5, 5.41) is 0. The van der Waals surface area contributed by atoms with Crippen molar-refractivity contribution in [1.29, 1.82) is 0 Å². The number of Topliss-reactive ketones (excluding diaryl/α,β-unsaturated/α-hetero) is 1. The molecule has 0 aromatic heterocycles. The van der Waals surface area contributed by atoms with E-state index in [0.717, 1.165) is 6.29 Å². The molecule has 0 saturated heterocycles. The van der Waals surface area contributed by atoms with Crippen LogP contribution < -0.4 is 0 Å². The molecule has 0 radical (unpaired) electrons. The van der Waals surface area contributed by atoms with Gasteiger partial charge in [0.05, 0.1) is 5.92 Å². The van der Waals surface area contributed by atoms with Gasteiger partial charge in [-0.2, -0.15) is 0 Å². The number of carbonyl (C=O) groups excluding carboxylic acids is 2. The summed E-state index contributed by atoms with van der Waals surface area (Å²) < 4.78 is 0. The van der Waals surface area contributed by atoms with Crippen LogP contribution >= 0.6 is 0 Å². The Kier molecular flexibility index (Phi) is 4.69. The Morgan fingerprint density at radius 1 is 1.07 bits per heavy atom. The van der Waals surface area contributed by atoms with Gasteiger partial charge in [0.2, 0.25) is 0 Å². The van der Waals surface area contributed by atoms with Crippen LogP contribution in [0.25, 0.3) is 0 Å². The van der Waals surface area contributed by atoms with Crippen molar-refractivity contribution in [1.82, 2.24) is 0 Å². The summed E-state index contributed by atoms with van der Waals surface area (Å²) in [6, 6.07) is 0. The molecule has 0 amide bonds. The molecule has 0 bridgehead atoms. The van der Waals surface area contributed by atoms with Gasteiger partial charge in [-0.05, 0) is 17.3 Å². The largest absolute Gasteiger partial charge is 0.303 e. The number of hydrogen-bond acceptors (Lipinski definition) is 2. The van der Waals surface area contributed by atoms with E-state index in [1.807, 2.05) is 41.5 Å². The van der Waals surface area contributed by atoms with Crippen molar-refractivity contribution in [3.05, 3.63) is 0 Å². The Hall–Kier alpha value is -0.660. The lowest BCUT2D eigenvalue weighted by Gasteiger charge is -2.24. The van der Waals surface area contributed by atoms with Gasteiger partial charge in [0.1, 0.15) is 12.1 Å². The average Bonchev–Trinajstić information content (AvgIpc) is 1.94. The first-order valence-electron chi connectivity index (χ1n) is 5.53. The van der Waals surface area contributed by atoms with Gasteiger partial charge in [0, 0.05) is 6.42 Å². The first-order chi connectivity index (χ1) is 6.55. The molecule has 2 nitrogen and oxygen atoms in total. The fourth-order valence-corrected chi connectivity index (χ4v) is 1.55. The van der Waals surface area contributed by atoms with Gasteiger partial charge in [-0.1, -0.05) is 41.5 Å². The van der Waals surface area contributed by atoms with Crippen molar-refractivity contribution < 1.29 is 9.59 Å². The molecule has 0 heterocycles. The minimum atomic E-state index is -0.427. The van der Waals surface area contributed by atoms with Gasteiger partial charge in [0.15, 0.2) is 0 Å². The third-order valence-electron chi connectivity index (χ3n) is 2.11. The van der Waals surface area contributed by atoms with Gasteiger partial charge in [-0.3, -0.25) is 4.79 Å². The minimum Gasteiger partial charge on any atom is -0.303 e. The summed E-state index contributed by atoms with van der Waals surface area (Å²) in [6.45, 7) is 12.2. The highest BCUT2D eigenvalue weighted by Gasteiger charge is 2.27. The van der Waals surface area contributed by atoms with Crippen LogP contribution in [0.1, 0.15) is 54.4 Å². The van der Waals surface area contributed by atoms with Gasteiger partial charge >= 0.3 is 0 Å². The molecule has 88 valence electrons. The van der Waals surface area contributed by atoms with Gasteiger partial charge in [-0.25, -0.2) is 0 Å². The van der Waals surface area contributed by atoms with Crippen LogP contribution in [-0.4, -0.2) is 12.1 Å². The zero-order valence-electron chi connectivity index (χ0n) is 10.9. The number of carbonyl (C=O) groups is 2. The van der Waals surface area contributed by atoms with Crippen molar-refractivity contribution in [2.75, 3.05) is 0 Å². The molecular formula is C13H24O2. The SMILES string of the molecule is CC(C)(C)CC(=O)C(C=O)CC(C)(C)C. The molecule has 0 aromatic carbocycles. The second kappa shape index (κ2) is 4.91. The molecule has 0 N–H and O–H groups in total. The lowest BCUT2D eigenvalue weighted by atomic mass is 9.79. The summed E-state index contributed by atoms with van der Waals surface area (Å²) in [7, 11) is 0. The molecule has 0 spiro atoms. The zero-order valence-corrected chi connectivity index (χ0v) is 10.9. The predicted octanol–water partition coefficient (Wildman–Crippen LogP) is 3.24. The standard InChI is InChI=1S/C13H24O2/c1-12(2,3)7-10(9-14)11(15)8-13(4,5)6/h9-10H,7-8H2,1-6H3. The van der Waals surface area contributed by atoms with E-state index < -0.39 is 5.92 Å². The van der Waals surface area contributed by atoms with Crippen molar-refractivity contribution in [3.63, 3.8) is 0 Å². The van der Waals surface area contributed by atoms with Crippen molar-refractivity contribution in [2.24, 2.45) is 16.7 Å². The molecule has 0 aromatic rings. The van der Waals surface area contributed by atoms with E-state index in [1.165, 1.54) is 0 Å². The molecule has 0 aliphatic rings. The van der Waals surface area contributed by atoms with Gasteiger partial charge in [0.25, 0.3) is 0 Å². The van der Waals surface area contributed by atoms with Crippen molar-refractivity contribution >= 4 is 12.1 Å². The van der Waals surface area contributed by atoms with E-state index in [0.29, 0.717) is 12.8 Å². The van der Waals surface area contributed by atoms with E-state index in [2.05, 4.69) is 0 Å². The van der Waals surface area contributed by atoms with Crippen LogP contribution in [0, 0.1) is 16.7 Å². The maximum absolute atomic E-state index is 11.8. The third kappa shape index (κ3) is 7.29. The first kappa shape index (κ1) is 14.3. The van der Waals surface area contributed by atoms with E-state index in [9.17, 15) is 9.59 Å². The molecule has 2 heteroatoms. The number of aldehydes is 1. The lowest BCUT2D eigenvalue weighted by molar-refractivity contribution is -0.129. The quantitative estimate of drug-likeness (QED) is 0.529. The Bertz CT molecular complexity index is 228. The summed E-state index contributed by atoms with van der Waals surface area (Å²) in [5.41, 5.74) is -0.00461. The maximum Gasteiger partial charge on any atom is 0.143 e. The first-order valence-corrected chi connectivity index (χ1v) is 5.53. The summed E-state index contributed by atoms with van der Waals surface area (Å²) in [5.74, 6) is -0.350. The fourth-order valence-electron chi connectivity index (χ4n) is 1.55. The zero-order chi connectivity index (χ0) is 12.3. The Balaban J connectivity index is 4.43.